The minimum atomic E-state index is -0.563. The summed E-state index contributed by atoms with van der Waals surface area (Å²) in [4.78, 5) is 24.2. The van der Waals surface area contributed by atoms with Crippen molar-refractivity contribution >= 4 is 11.6 Å². The molecule has 4 rings (SSSR count). The summed E-state index contributed by atoms with van der Waals surface area (Å²) in [7, 11) is 0. The van der Waals surface area contributed by atoms with Gasteiger partial charge in [-0.25, -0.2) is 0 Å². The summed E-state index contributed by atoms with van der Waals surface area (Å²) in [5, 5.41) is 0. The molecule has 4 aliphatic rings. The van der Waals surface area contributed by atoms with Crippen LogP contribution in [0.2, 0.25) is 0 Å². The highest BCUT2D eigenvalue weighted by atomic mass is 16.1. The zero-order chi connectivity index (χ0) is 17.1. The molecule has 0 aromatic carbocycles. The van der Waals surface area contributed by atoms with Gasteiger partial charge in [0.15, 0.2) is 5.78 Å². The van der Waals surface area contributed by atoms with Crippen LogP contribution in [-0.2, 0) is 9.59 Å². The van der Waals surface area contributed by atoms with Gasteiger partial charge in [0.05, 0.1) is 5.41 Å². The molecule has 0 heterocycles. The van der Waals surface area contributed by atoms with E-state index in [1.54, 1.807) is 12.5 Å². The standard InChI is InChI=1S/C22H26O2/c1-4-22(14(2)23)12-10-20-19-7-5-15-13-16(24)6-8-17(15)18(19)9-11-21(20,22)3/h1,13,19-20H,5-12H2,2-3H3/t19-,20+,21+,22-/m1/s1. The van der Waals surface area contributed by atoms with E-state index in [1.807, 2.05) is 6.08 Å². The van der Waals surface area contributed by atoms with E-state index in [4.69, 9.17) is 6.42 Å². The second-order valence-corrected chi connectivity index (χ2v) is 8.45. The van der Waals surface area contributed by atoms with Crippen LogP contribution in [0.1, 0.15) is 65.2 Å². The van der Waals surface area contributed by atoms with Gasteiger partial charge in [-0.1, -0.05) is 18.4 Å². The maximum atomic E-state index is 12.5. The molecule has 0 radical (unpaired) electrons. The summed E-state index contributed by atoms with van der Waals surface area (Å²) < 4.78 is 0. The monoisotopic (exact) mass is 322 g/mol. The largest absolute Gasteiger partial charge is 0.298 e. The van der Waals surface area contributed by atoms with Crippen LogP contribution in [0.25, 0.3) is 0 Å². The Labute approximate surface area is 144 Å². The second kappa shape index (κ2) is 5.19. The number of carbonyl (C=O) groups is 2. The topological polar surface area (TPSA) is 34.1 Å². The fourth-order valence-corrected chi connectivity index (χ4v) is 6.49. The van der Waals surface area contributed by atoms with Crippen LogP contribution in [0, 0.1) is 35.0 Å². The highest BCUT2D eigenvalue weighted by molar-refractivity contribution is 5.93. The van der Waals surface area contributed by atoms with E-state index in [-0.39, 0.29) is 17.0 Å². The molecule has 0 aromatic heterocycles. The Morgan fingerprint density at radius 3 is 2.71 bits per heavy atom. The third kappa shape index (κ3) is 1.85. The lowest BCUT2D eigenvalue weighted by molar-refractivity contribution is -0.130. The number of carbonyl (C=O) groups excluding carboxylic acids is 2. The summed E-state index contributed by atoms with van der Waals surface area (Å²) in [6.07, 6.45) is 15.5. The van der Waals surface area contributed by atoms with Crippen LogP contribution in [-0.4, -0.2) is 11.6 Å². The molecule has 2 saturated carbocycles. The Bertz CT molecular complexity index is 732. The van der Waals surface area contributed by atoms with Crippen molar-refractivity contribution in [3.05, 3.63) is 22.8 Å². The smallest absolute Gasteiger partial charge is 0.156 e. The van der Waals surface area contributed by atoms with Gasteiger partial charge < -0.3 is 0 Å². The number of allylic oxidation sites excluding steroid dienone is 4. The summed E-state index contributed by atoms with van der Waals surface area (Å²) in [5.41, 5.74) is 3.75. The SMILES string of the molecule is C#C[C@]1(C(C)=O)CC[C@H]2[C@@H]3CCC4=CC(=O)CCC4=C3CC[C@@]21C. The summed E-state index contributed by atoms with van der Waals surface area (Å²) in [6, 6.07) is 0. The van der Waals surface area contributed by atoms with Crippen molar-refractivity contribution in [1.29, 1.82) is 0 Å². The number of fused-ring (bicyclic) bond motifs is 4. The zero-order valence-electron chi connectivity index (χ0n) is 14.8. The van der Waals surface area contributed by atoms with E-state index in [9.17, 15) is 9.59 Å². The lowest BCUT2D eigenvalue weighted by Crippen LogP contribution is -2.48. The number of rotatable bonds is 1. The first-order chi connectivity index (χ1) is 11.4. The van der Waals surface area contributed by atoms with Crippen LogP contribution in [0.5, 0.6) is 0 Å². The van der Waals surface area contributed by atoms with Gasteiger partial charge in [0, 0.05) is 6.42 Å². The van der Waals surface area contributed by atoms with Gasteiger partial charge in [0.1, 0.15) is 5.78 Å². The van der Waals surface area contributed by atoms with E-state index in [2.05, 4.69) is 12.8 Å². The van der Waals surface area contributed by atoms with Crippen molar-refractivity contribution < 1.29 is 9.59 Å². The first-order valence-corrected chi connectivity index (χ1v) is 9.37. The van der Waals surface area contributed by atoms with Crippen LogP contribution in [0.3, 0.4) is 0 Å². The summed E-state index contributed by atoms with van der Waals surface area (Å²) in [5.74, 6) is 4.52. The minimum Gasteiger partial charge on any atom is -0.298 e. The number of ketones is 2. The molecule has 0 N–H and O–H groups in total. The molecular weight excluding hydrogens is 296 g/mol. The average molecular weight is 322 g/mol. The molecule has 2 nitrogen and oxygen atoms in total. The predicted octanol–water partition coefficient (Wildman–Crippen LogP) is 4.40. The van der Waals surface area contributed by atoms with E-state index in [0.29, 0.717) is 18.3 Å². The maximum absolute atomic E-state index is 12.5. The van der Waals surface area contributed by atoms with E-state index < -0.39 is 5.41 Å². The molecular formula is C22H26O2. The molecule has 0 saturated heterocycles. The molecule has 0 unspecified atom stereocenters. The van der Waals surface area contributed by atoms with E-state index in [0.717, 1.165) is 44.9 Å². The Balaban J connectivity index is 1.77. The van der Waals surface area contributed by atoms with Crippen molar-refractivity contribution in [1.82, 2.24) is 0 Å². The number of hydrogen-bond donors (Lipinski definition) is 0. The molecule has 126 valence electrons. The third-order valence-electron chi connectivity index (χ3n) is 7.77. The van der Waals surface area contributed by atoms with Crippen LogP contribution < -0.4 is 0 Å². The molecule has 2 heteroatoms. The van der Waals surface area contributed by atoms with Gasteiger partial charge in [-0.3, -0.25) is 9.59 Å². The van der Waals surface area contributed by atoms with Crippen LogP contribution >= 0.6 is 0 Å². The third-order valence-corrected chi connectivity index (χ3v) is 7.77. The molecule has 0 bridgehead atoms. The predicted molar refractivity (Wildman–Crippen MR) is 94.1 cm³/mol. The number of terminal acetylenes is 1. The lowest BCUT2D eigenvalue weighted by Gasteiger charge is -2.51. The van der Waals surface area contributed by atoms with E-state index in [1.165, 1.54) is 11.1 Å². The summed E-state index contributed by atoms with van der Waals surface area (Å²) >= 11 is 0. The quantitative estimate of drug-likeness (QED) is 0.671. The Morgan fingerprint density at radius 2 is 2.00 bits per heavy atom. The van der Waals surface area contributed by atoms with Crippen molar-refractivity contribution in [3.8, 4) is 12.3 Å². The first-order valence-electron chi connectivity index (χ1n) is 9.37. The summed E-state index contributed by atoms with van der Waals surface area (Å²) in [6.45, 7) is 3.97. The van der Waals surface area contributed by atoms with Crippen LogP contribution in [0.15, 0.2) is 22.8 Å². The van der Waals surface area contributed by atoms with Gasteiger partial charge in [0.25, 0.3) is 0 Å². The van der Waals surface area contributed by atoms with Gasteiger partial charge in [0.2, 0.25) is 0 Å². The fraction of sp³-hybridized carbons (Fsp3) is 0.636. The highest BCUT2D eigenvalue weighted by Gasteiger charge is 2.62. The molecule has 0 spiro atoms. The fourth-order valence-electron chi connectivity index (χ4n) is 6.49. The second-order valence-electron chi connectivity index (χ2n) is 8.45. The van der Waals surface area contributed by atoms with Crippen LogP contribution in [0.4, 0.5) is 0 Å². The molecule has 0 amide bonds. The van der Waals surface area contributed by atoms with Gasteiger partial charge in [-0.05, 0) is 86.3 Å². The number of hydrogen-bond acceptors (Lipinski definition) is 2. The molecule has 0 aromatic rings. The van der Waals surface area contributed by atoms with Crippen molar-refractivity contribution in [2.75, 3.05) is 0 Å². The van der Waals surface area contributed by atoms with E-state index >= 15 is 0 Å². The lowest BCUT2D eigenvalue weighted by atomic mass is 9.51. The van der Waals surface area contributed by atoms with Crippen molar-refractivity contribution in [2.45, 2.75) is 65.2 Å². The van der Waals surface area contributed by atoms with Crippen molar-refractivity contribution in [2.24, 2.45) is 22.7 Å². The number of Topliss-reactive ketones (excluding diaryl/α,β-unsaturated/α-hetero) is 1. The Kier molecular flexibility index (Phi) is 3.43. The van der Waals surface area contributed by atoms with Crippen molar-refractivity contribution in [3.63, 3.8) is 0 Å². The Hall–Kier alpha value is -1.62. The molecule has 0 aliphatic heterocycles. The Morgan fingerprint density at radius 1 is 1.21 bits per heavy atom. The minimum absolute atomic E-state index is 0.0615. The molecule has 4 aliphatic carbocycles. The maximum Gasteiger partial charge on any atom is 0.156 e. The molecule has 24 heavy (non-hydrogen) atoms. The normalized spacial score (nSPS) is 41.0. The zero-order valence-corrected chi connectivity index (χ0v) is 14.8. The average Bonchev–Trinajstić information content (AvgIpc) is 2.87. The van der Waals surface area contributed by atoms with Gasteiger partial charge in [-0.2, -0.15) is 0 Å². The highest BCUT2D eigenvalue weighted by Crippen LogP contribution is 2.66. The van der Waals surface area contributed by atoms with Gasteiger partial charge >= 0.3 is 0 Å². The first kappa shape index (κ1) is 15.9. The molecule has 2 fully saturated rings. The molecule has 4 atom stereocenters. The van der Waals surface area contributed by atoms with Gasteiger partial charge in [-0.15, -0.1) is 6.42 Å².